The van der Waals surface area contributed by atoms with Crippen LogP contribution in [0.2, 0.25) is 0 Å². The van der Waals surface area contributed by atoms with Crippen molar-refractivity contribution in [3.63, 3.8) is 0 Å². The molecular formula is C31H36N6O8. The van der Waals surface area contributed by atoms with Crippen molar-refractivity contribution in [3.05, 3.63) is 72.1 Å². The van der Waals surface area contributed by atoms with Gasteiger partial charge in [-0.3, -0.25) is 19.2 Å². The molecule has 2 heterocycles. The minimum atomic E-state index is -1.42. The van der Waals surface area contributed by atoms with Crippen molar-refractivity contribution in [2.75, 3.05) is 0 Å². The van der Waals surface area contributed by atoms with E-state index in [-0.39, 0.29) is 19.3 Å². The van der Waals surface area contributed by atoms with Crippen LogP contribution in [0.1, 0.15) is 30.9 Å². The second-order valence-electron chi connectivity index (χ2n) is 10.8. The van der Waals surface area contributed by atoms with E-state index < -0.39 is 66.4 Å². The van der Waals surface area contributed by atoms with Crippen molar-refractivity contribution in [1.29, 1.82) is 0 Å². The molecule has 4 aromatic rings. The summed E-state index contributed by atoms with van der Waals surface area (Å²) in [6, 6.07) is 9.11. The molecule has 3 amide bonds. The monoisotopic (exact) mass is 620 g/mol. The Kier molecular flexibility index (Phi) is 10.5. The fourth-order valence-electron chi connectivity index (χ4n) is 5.02. The Morgan fingerprint density at radius 1 is 0.733 bits per heavy atom. The lowest BCUT2D eigenvalue weighted by Crippen LogP contribution is -2.58. The number of nitrogens with two attached hydrogens (primary N) is 1. The van der Waals surface area contributed by atoms with Gasteiger partial charge >= 0.3 is 11.9 Å². The molecule has 2 aromatic carbocycles. The number of hydrogen-bond acceptors (Lipinski definition) is 7. The van der Waals surface area contributed by atoms with Crippen molar-refractivity contribution >= 4 is 51.5 Å². The van der Waals surface area contributed by atoms with Crippen LogP contribution in [-0.2, 0) is 36.8 Å². The topological polar surface area (TPSA) is 240 Å². The van der Waals surface area contributed by atoms with Crippen LogP contribution in [0.15, 0.2) is 60.9 Å². The number of aliphatic carboxylic acids is 2. The molecule has 5 unspecified atom stereocenters. The molecule has 0 saturated carbocycles. The lowest BCUT2D eigenvalue weighted by Gasteiger charge is -2.25. The lowest BCUT2D eigenvalue weighted by molar-refractivity contribution is -0.142. The number of H-pyrrole nitrogens is 2. The number of fused-ring (bicyclic) bond motifs is 2. The summed E-state index contributed by atoms with van der Waals surface area (Å²) < 4.78 is 0. The van der Waals surface area contributed by atoms with Crippen LogP contribution in [0.5, 0.6) is 0 Å². The van der Waals surface area contributed by atoms with E-state index in [1.165, 1.54) is 6.92 Å². The SMILES string of the molecule is CC(O)C(N)C(=O)NC(CCC(=O)O)C(=O)NC(Cc1c[nH]c2ccccc12)C(=O)NC(Cc1c[nH]c2ccccc12)C(=O)O. The Labute approximate surface area is 257 Å². The van der Waals surface area contributed by atoms with Crippen LogP contribution in [0, 0.1) is 0 Å². The molecule has 2 aromatic heterocycles. The Morgan fingerprint density at radius 3 is 1.71 bits per heavy atom. The maximum absolute atomic E-state index is 13.7. The molecule has 0 saturated heterocycles. The van der Waals surface area contributed by atoms with Gasteiger partial charge < -0.3 is 47.0 Å². The number of para-hydroxylation sites is 2. The smallest absolute Gasteiger partial charge is 0.326 e. The largest absolute Gasteiger partial charge is 0.481 e. The summed E-state index contributed by atoms with van der Waals surface area (Å²) in [5, 5.41) is 38.0. The van der Waals surface area contributed by atoms with Crippen LogP contribution in [-0.4, -0.2) is 85.2 Å². The molecule has 4 rings (SSSR count). The number of aromatic amines is 2. The molecule has 0 spiro atoms. The number of nitrogens with one attached hydrogen (secondary N) is 5. The number of aliphatic hydroxyl groups is 1. The van der Waals surface area contributed by atoms with Crippen molar-refractivity contribution in [1.82, 2.24) is 25.9 Å². The van der Waals surface area contributed by atoms with Gasteiger partial charge in [0.2, 0.25) is 17.7 Å². The fraction of sp³-hybridized carbons (Fsp3) is 0.323. The van der Waals surface area contributed by atoms with Crippen molar-refractivity contribution in [2.45, 2.75) is 62.9 Å². The van der Waals surface area contributed by atoms with E-state index in [0.29, 0.717) is 11.1 Å². The van der Waals surface area contributed by atoms with Crippen LogP contribution >= 0.6 is 0 Å². The Bertz CT molecular complexity index is 1700. The Morgan fingerprint density at radius 2 is 1.20 bits per heavy atom. The number of carbonyl (C=O) groups is 5. The first-order valence-corrected chi connectivity index (χ1v) is 14.3. The van der Waals surface area contributed by atoms with Gasteiger partial charge in [-0.1, -0.05) is 36.4 Å². The number of aliphatic hydroxyl groups excluding tert-OH is 1. The van der Waals surface area contributed by atoms with E-state index in [1.54, 1.807) is 18.5 Å². The minimum absolute atomic E-state index is 0.0482. The molecule has 45 heavy (non-hydrogen) atoms. The van der Waals surface area contributed by atoms with Gasteiger partial charge in [-0.2, -0.15) is 0 Å². The summed E-state index contributed by atoms with van der Waals surface area (Å²) in [6.45, 7) is 1.29. The summed E-state index contributed by atoms with van der Waals surface area (Å²) in [7, 11) is 0. The van der Waals surface area contributed by atoms with Crippen molar-refractivity contribution in [3.8, 4) is 0 Å². The molecular weight excluding hydrogens is 584 g/mol. The highest BCUT2D eigenvalue weighted by Crippen LogP contribution is 2.21. The highest BCUT2D eigenvalue weighted by molar-refractivity contribution is 5.95. The zero-order valence-electron chi connectivity index (χ0n) is 24.4. The van der Waals surface area contributed by atoms with Gasteiger partial charge in [-0.25, -0.2) is 4.79 Å². The fourth-order valence-corrected chi connectivity index (χ4v) is 5.02. The number of carboxylic acids is 2. The number of carboxylic acid groups (broad SMARTS) is 2. The van der Waals surface area contributed by atoms with Crippen LogP contribution in [0.25, 0.3) is 21.8 Å². The molecule has 0 radical (unpaired) electrons. The van der Waals surface area contributed by atoms with Crippen LogP contribution in [0.4, 0.5) is 0 Å². The molecule has 0 aliphatic rings. The van der Waals surface area contributed by atoms with E-state index in [4.69, 9.17) is 5.73 Å². The van der Waals surface area contributed by atoms with E-state index in [9.17, 15) is 39.3 Å². The first kappa shape index (κ1) is 32.7. The quantitative estimate of drug-likeness (QED) is 0.0900. The van der Waals surface area contributed by atoms with E-state index in [0.717, 1.165) is 21.8 Å². The molecule has 5 atom stereocenters. The molecule has 14 nitrogen and oxygen atoms in total. The standard InChI is InChI=1S/C31H36N6O8/c1-16(38)27(32)30(43)35-23(10-11-26(39)40)28(41)36-24(12-17-14-33-21-8-4-2-6-19(17)21)29(42)37-25(31(44)45)13-18-15-34-22-9-5-3-7-20(18)22/h2-9,14-16,23-25,27,33-34,38H,10-13,32H2,1H3,(H,35,43)(H,36,41)(H,37,42)(H,39,40)(H,44,45). The number of carbonyl (C=O) groups excluding carboxylic acids is 3. The Balaban J connectivity index is 1.60. The van der Waals surface area contributed by atoms with E-state index in [1.807, 2.05) is 42.5 Å². The molecule has 238 valence electrons. The first-order valence-electron chi connectivity index (χ1n) is 14.3. The maximum Gasteiger partial charge on any atom is 0.326 e. The van der Waals surface area contributed by atoms with Gasteiger partial charge in [0, 0.05) is 53.5 Å². The number of hydrogen-bond donors (Lipinski definition) is 9. The van der Waals surface area contributed by atoms with Gasteiger partial charge in [0.1, 0.15) is 24.2 Å². The van der Waals surface area contributed by atoms with Gasteiger partial charge in [0.15, 0.2) is 0 Å². The zero-order chi connectivity index (χ0) is 32.7. The average molecular weight is 621 g/mol. The summed E-state index contributed by atoms with van der Waals surface area (Å²) in [5.74, 6) is -5.09. The van der Waals surface area contributed by atoms with Crippen LogP contribution in [0.3, 0.4) is 0 Å². The number of benzene rings is 2. The minimum Gasteiger partial charge on any atom is -0.481 e. The van der Waals surface area contributed by atoms with Crippen molar-refractivity contribution < 1.29 is 39.3 Å². The number of aromatic nitrogens is 2. The van der Waals surface area contributed by atoms with E-state index >= 15 is 0 Å². The molecule has 0 bridgehead atoms. The predicted octanol–water partition coefficient (Wildman–Crippen LogP) is 0.546. The highest BCUT2D eigenvalue weighted by atomic mass is 16.4. The Hall–Kier alpha value is -5.21. The van der Waals surface area contributed by atoms with Gasteiger partial charge in [0.25, 0.3) is 0 Å². The van der Waals surface area contributed by atoms with Crippen LogP contribution < -0.4 is 21.7 Å². The molecule has 0 fully saturated rings. The molecule has 0 aliphatic heterocycles. The predicted molar refractivity (Wildman–Crippen MR) is 164 cm³/mol. The third-order valence-corrected chi connectivity index (χ3v) is 7.55. The van der Waals surface area contributed by atoms with Gasteiger partial charge in [0.05, 0.1) is 6.10 Å². The highest BCUT2D eigenvalue weighted by Gasteiger charge is 2.32. The summed E-state index contributed by atoms with van der Waals surface area (Å²) >= 11 is 0. The number of rotatable bonds is 15. The maximum atomic E-state index is 13.7. The third kappa shape index (κ3) is 8.25. The second kappa shape index (κ2) is 14.5. The second-order valence-corrected chi connectivity index (χ2v) is 10.8. The van der Waals surface area contributed by atoms with Gasteiger partial charge in [-0.05, 0) is 36.6 Å². The molecule has 14 heteroatoms. The molecule has 0 aliphatic carbocycles. The summed E-state index contributed by atoms with van der Waals surface area (Å²) in [5.41, 5.74) is 8.59. The third-order valence-electron chi connectivity index (χ3n) is 7.55. The first-order chi connectivity index (χ1) is 21.4. The van der Waals surface area contributed by atoms with E-state index in [2.05, 4.69) is 25.9 Å². The average Bonchev–Trinajstić information content (AvgIpc) is 3.61. The van der Waals surface area contributed by atoms with Crippen molar-refractivity contribution in [2.24, 2.45) is 5.73 Å². The lowest BCUT2D eigenvalue weighted by atomic mass is 10.0. The summed E-state index contributed by atoms with van der Waals surface area (Å²) in [4.78, 5) is 69.5. The zero-order valence-corrected chi connectivity index (χ0v) is 24.4. The summed E-state index contributed by atoms with van der Waals surface area (Å²) in [6.07, 6.45) is 1.15. The van der Waals surface area contributed by atoms with Gasteiger partial charge in [-0.15, -0.1) is 0 Å². The number of amides is 3. The normalized spacial score (nSPS) is 14.6. The molecule has 10 N–H and O–H groups in total.